The number of nitrogen functional groups attached to an aromatic ring is 1. The van der Waals surface area contributed by atoms with Crippen LogP contribution in [0.4, 0.5) is 5.82 Å². The summed E-state index contributed by atoms with van der Waals surface area (Å²) in [5.74, 6) is 3.42. The molecule has 2 rings (SSSR count). The smallest absolute Gasteiger partial charge is 0.126 e. The van der Waals surface area contributed by atoms with E-state index in [1.807, 2.05) is 0 Å². The first-order chi connectivity index (χ1) is 8.63. The first-order valence-corrected chi connectivity index (χ1v) is 7.48. The number of nitrogens with zero attached hydrogens (tertiary/aromatic N) is 2. The summed E-state index contributed by atoms with van der Waals surface area (Å²) in [4.78, 5) is 4.88. The molecule has 0 spiro atoms. The lowest BCUT2D eigenvalue weighted by Crippen LogP contribution is -2.12. The maximum atomic E-state index is 6.27. The van der Waals surface area contributed by atoms with Crippen LogP contribution >= 0.6 is 0 Å². The molecule has 18 heavy (non-hydrogen) atoms. The number of imidazole rings is 1. The van der Waals surface area contributed by atoms with Crippen molar-refractivity contribution in [3.8, 4) is 0 Å². The lowest BCUT2D eigenvalue weighted by molar-refractivity contribution is 0.417. The van der Waals surface area contributed by atoms with E-state index in [4.69, 9.17) is 10.7 Å². The Balaban J connectivity index is 2.27. The van der Waals surface area contributed by atoms with Gasteiger partial charge in [0, 0.05) is 12.5 Å². The fraction of sp³-hybridized carbons (Fsp3) is 0.800. The van der Waals surface area contributed by atoms with E-state index in [2.05, 4.69) is 25.3 Å². The molecule has 1 aliphatic carbocycles. The number of nitrogens with two attached hydrogens (primary N) is 1. The van der Waals surface area contributed by atoms with E-state index in [0.29, 0.717) is 11.8 Å². The highest BCUT2D eigenvalue weighted by Gasteiger charge is 2.23. The fourth-order valence-corrected chi connectivity index (χ4v) is 3.08. The average Bonchev–Trinajstić information content (AvgIpc) is 2.67. The zero-order chi connectivity index (χ0) is 13.1. The van der Waals surface area contributed by atoms with Gasteiger partial charge in [-0.1, -0.05) is 33.1 Å². The molecule has 1 aliphatic rings. The van der Waals surface area contributed by atoms with E-state index in [1.165, 1.54) is 37.9 Å². The normalized spacial score (nSPS) is 17.6. The van der Waals surface area contributed by atoms with E-state index in [9.17, 15) is 0 Å². The number of aromatic nitrogens is 2. The average molecular weight is 249 g/mol. The lowest BCUT2D eigenvalue weighted by Gasteiger charge is -2.21. The van der Waals surface area contributed by atoms with Crippen LogP contribution in [-0.4, -0.2) is 9.55 Å². The quantitative estimate of drug-likeness (QED) is 0.883. The van der Waals surface area contributed by atoms with Crippen molar-refractivity contribution in [2.75, 3.05) is 5.73 Å². The Morgan fingerprint density at radius 1 is 1.28 bits per heavy atom. The molecule has 0 radical (unpaired) electrons. The molecule has 1 aromatic heterocycles. The molecule has 1 aromatic rings. The minimum absolute atomic E-state index is 0.617. The highest BCUT2D eigenvalue weighted by atomic mass is 15.1. The molecule has 102 valence electrons. The predicted molar refractivity (Wildman–Crippen MR) is 76.7 cm³/mol. The minimum Gasteiger partial charge on any atom is -0.384 e. The van der Waals surface area contributed by atoms with Crippen molar-refractivity contribution in [1.29, 1.82) is 0 Å². The van der Waals surface area contributed by atoms with Crippen LogP contribution in [0.2, 0.25) is 0 Å². The van der Waals surface area contributed by atoms with Gasteiger partial charge in [-0.2, -0.15) is 0 Å². The summed E-state index contributed by atoms with van der Waals surface area (Å²) in [7, 11) is 0. The van der Waals surface area contributed by atoms with Crippen LogP contribution in [0, 0.1) is 5.92 Å². The van der Waals surface area contributed by atoms with Gasteiger partial charge in [0.05, 0.1) is 5.69 Å². The first-order valence-electron chi connectivity index (χ1n) is 7.48. The highest BCUT2D eigenvalue weighted by Crippen LogP contribution is 2.34. The van der Waals surface area contributed by atoms with Crippen LogP contribution < -0.4 is 5.73 Å². The van der Waals surface area contributed by atoms with Gasteiger partial charge in [-0.15, -0.1) is 0 Å². The zero-order valence-electron chi connectivity index (χ0n) is 12.1. The van der Waals surface area contributed by atoms with Gasteiger partial charge in [0.1, 0.15) is 11.6 Å². The third-order valence-electron chi connectivity index (χ3n) is 4.00. The summed E-state index contributed by atoms with van der Waals surface area (Å²) in [5, 5.41) is 0. The third kappa shape index (κ3) is 2.70. The Labute approximate surface area is 111 Å². The van der Waals surface area contributed by atoms with Gasteiger partial charge >= 0.3 is 0 Å². The summed E-state index contributed by atoms with van der Waals surface area (Å²) in [6.45, 7) is 7.57. The van der Waals surface area contributed by atoms with Gasteiger partial charge in [0.25, 0.3) is 0 Å². The zero-order valence-corrected chi connectivity index (χ0v) is 12.1. The van der Waals surface area contributed by atoms with Crippen molar-refractivity contribution in [3.63, 3.8) is 0 Å². The molecule has 0 saturated heterocycles. The van der Waals surface area contributed by atoms with E-state index in [1.54, 1.807) is 0 Å². The summed E-state index contributed by atoms with van der Waals surface area (Å²) >= 11 is 0. The van der Waals surface area contributed by atoms with Crippen molar-refractivity contribution in [2.45, 2.75) is 71.8 Å². The second-order valence-corrected chi connectivity index (χ2v) is 5.98. The number of hydrogen-bond acceptors (Lipinski definition) is 2. The topological polar surface area (TPSA) is 43.8 Å². The van der Waals surface area contributed by atoms with Crippen LogP contribution in [0.1, 0.15) is 70.3 Å². The molecule has 3 heteroatoms. The van der Waals surface area contributed by atoms with Crippen molar-refractivity contribution >= 4 is 5.82 Å². The molecule has 0 aromatic carbocycles. The largest absolute Gasteiger partial charge is 0.384 e. The van der Waals surface area contributed by atoms with E-state index >= 15 is 0 Å². The first kappa shape index (κ1) is 13.4. The molecule has 1 fully saturated rings. The molecule has 0 aliphatic heterocycles. The SMILES string of the molecule is CCn1c(C2CCCCC2)nc(CC(C)C)c1N. The summed E-state index contributed by atoms with van der Waals surface area (Å²) in [6, 6.07) is 0. The molecule has 2 N–H and O–H groups in total. The number of hydrogen-bond donors (Lipinski definition) is 1. The summed E-state index contributed by atoms with van der Waals surface area (Å²) in [6.07, 6.45) is 7.66. The van der Waals surface area contributed by atoms with E-state index < -0.39 is 0 Å². The molecule has 0 amide bonds. The van der Waals surface area contributed by atoms with Crippen LogP contribution in [0.15, 0.2) is 0 Å². The Morgan fingerprint density at radius 3 is 2.50 bits per heavy atom. The van der Waals surface area contributed by atoms with Crippen molar-refractivity contribution in [3.05, 3.63) is 11.5 Å². The lowest BCUT2D eigenvalue weighted by atomic mass is 9.88. The number of rotatable bonds is 4. The van der Waals surface area contributed by atoms with Gasteiger partial charge in [0.15, 0.2) is 0 Å². The van der Waals surface area contributed by atoms with Gasteiger partial charge < -0.3 is 10.3 Å². The Bertz CT molecular complexity index is 387. The predicted octanol–water partition coefficient (Wildman–Crippen LogP) is 3.73. The second kappa shape index (κ2) is 5.77. The molecular weight excluding hydrogens is 222 g/mol. The van der Waals surface area contributed by atoms with Crippen molar-refractivity contribution in [1.82, 2.24) is 9.55 Å². The maximum absolute atomic E-state index is 6.27. The van der Waals surface area contributed by atoms with Gasteiger partial charge in [-0.3, -0.25) is 0 Å². The molecule has 0 unspecified atom stereocenters. The van der Waals surface area contributed by atoms with Gasteiger partial charge in [-0.05, 0) is 32.1 Å². The Morgan fingerprint density at radius 2 is 1.94 bits per heavy atom. The van der Waals surface area contributed by atoms with E-state index in [0.717, 1.165) is 24.5 Å². The molecule has 0 atom stereocenters. The van der Waals surface area contributed by atoms with Crippen molar-refractivity contribution in [2.24, 2.45) is 5.92 Å². The highest BCUT2D eigenvalue weighted by molar-refractivity contribution is 5.39. The standard InChI is InChI=1S/C15H27N3/c1-4-18-14(16)13(10-11(2)3)17-15(18)12-8-6-5-7-9-12/h11-12H,4-10,16H2,1-3H3. The van der Waals surface area contributed by atoms with Crippen LogP contribution in [0.5, 0.6) is 0 Å². The van der Waals surface area contributed by atoms with Gasteiger partial charge in [0.2, 0.25) is 0 Å². The third-order valence-corrected chi connectivity index (χ3v) is 4.00. The summed E-state index contributed by atoms with van der Waals surface area (Å²) in [5.41, 5.74) is 7.39. The molecule has 3 nitrogen and oxygen atoms in total. The molecule has 1 heterocycles. The Kier molecular flexibility index (Phi) is 4.31. The molecular formula is C15H27N3. The van der Waals surface area contributed by atoms with Crippen LogP contribution in [-0.2, 0) is 13.0 Å². The maximum Gasteiger partial charge on any atom is 0.126 e. The summed E-state index contributed by atoms with van der Waals surface area (Å²) < 4.78 is 2.24. The second-order valence-electron chi connectivity index (χ2n) is 5.98. The number of anilines is 1. The van der Waals surface area contributed by atoms with Crippen LogP contribution in [0.3, 0.4) is 0 Å². The molecule has 1 saturated carbocycles. The minimum atomic E-state index is 0.617. The van der Waals surface area contributed by atoms with E-state index in [-0.39, 0.29) is 0 Å². The van der Waals surface area contributed by atoms with Gasteiger partial charge in [-0.25, -0.2) is 4.98 Å². The monoisotopic (exact) mass is 249 g/mol. The fourth-order valence-electron chi connectivity index (χ4n) is 3.08. The Hall–Kier alpha value is -0.990. The molecule has 0 bridgehead atoms. The van der Waals surface area contributed by atoms with Crippen molar-refractivity contribution < 1.29 is 0 Å². The van der Waals surface area contributed by atoms with Crippen LogP contribution in [0.25, 0.3) is 0 Å².